The number of amides is 5. The molecule has 12 heteroatoms. The molecule has 5 N–H and O–H groups in total. The van der Waals surface area contributed by atoms with Gasteiger partial charge in [-0.15, -0.1) is 0 Å². The Morgan fingerprint density at radius 1 is 0.600 bits per heavy atom. The van der Waals surface area contributed by atoms with Crippen LogP contribution in [0.15, 0.2) is 0 Å². The van der Waals surface area contributed by atoms with E-state index < -0.39 is 53.8 Å². The van der Waals surface area contributed by atoms with Crippen molar-refractivity contribution in [1.29, 1.82) is 0 Å². The Morgan fingerprint density at radius 3 is 1.44 bits per heavy atom. The molecule has 0 aromatic heterocycles. The van der Waals surface area contributed by atoms with Gasteiger partial charge in [0.1, 0.15) is 24.2 Å². The van der Waals surface area contributed by atoms with Gasteiger partial charge in [0.2, 0.25) is 29.5 Å². The molecule has 0 fully saturated rings. The quantitative estimate of drug-likeness (QED) is 0.127. The highest BCUT2D eigenvalue weighted by Gasteiger charge is 2.36. The molecule has 260 valence electrons. The van der Waals surface area contributed by atoms with Crippen molar-refractivity contribution < 1.29 is 28.8 Å². The zero-order chi connectivity index (χ0) is 35.0. The van der Waals surface area contributed by atoms with Crippen LogP contribution in [0.25, 0.3) is 0 Å². The molecule has 0 heterocycles. The lowest BCUT2D eigenvalue weighted by atomic mass is 9.92. The van der Waals surface area contributed by atoms with Crippen molar-refractivity contribution in [2.75, 3.05) is 12.0 Å². The van der Waals surface area contributed by atoms with Gasteiger partial charge < -0.3 is 26.6 Å². The minimum atomic E-state index is -0.994. The Kier molecular flexibility index (Phi) is 20.0. The van der Waals surface area contributed by atoms with Gasteiger partial charge in [-0.2, -0.15) is 11.8 Å². The van der Waals surface area contributed by atoms with Gasteiger partial charge in [0, 0.05) is 12.8 Å². The summed E-state index contributed by atoms with van der Waals surface area (Å²) < 4.78 is 0. The van der Waals surface area contributed by atoms with Gasteiger partial charge in [-0.1, -0.05) is 82.1 Å². The monoisotopic (exact) mass is 655 g/mol. The lowest BCUT2D eigenvalue weighted by molar-refractivity contribution is -0.137. The summed E-state index contributed by atoms with van der Waals surface area (Å²) in [4.78, 5) is 78.7. The molecular formula is C33H61N5O6S. The van der Waals surface area contributed by atoms with Gasteiger partial charge >= 0.3 is 0 Å². The maximum Gasteiger partial charge on any atom is 0.243 e. The molecule has 0 aliphatic carbocycles. The molecule has 45 heavy (non-hydrogen) atoms. The zero-order valence-corrected chi connectivity index (χ0v) is 30.5. The van der Waals surface area contributed by atoms with Crippen LogP contribution in [0.4, 0.5) is 0 Å². The molecule has 0 saturated heterocycles. The van der Waals surface area contributed by atoms with E-state index in [-0.39, 0.29) is 41.3 Å². The molecule has 7 unspecified atom stereocenters. The fraction of sp³-hybridized carbons (Fsp3) is 0.818. The van der Waals surface area contributed by atoms with E-state index in [1.54, 1.807) is 39.5 Å². The third-order valence-corrected chi connectivity index (χ3v) is 8.72. The van der Waals surface area contributed by atoms with Crippen LogP contribution in [0, 0.1) is 29.6 Å². The highest BCUT2D eigenvalue weighted by Crippen LogP contribution is 2.15. The third kappa shape index (κ3) is 15.0. The maximum absolute atomic E-state index is 13.7. The minimum Gasteiger partial charge on any atom is -0.345 e. The van der Waals surface area contributed by atoms with Crippen molar-refractivity contribution in [3.63, 3.8) is 0 Å². The third-order valence-electron chi connectivity index (χ3n) is 8.07. The zero-order valence-electron chi connectivity index (χ0n) is 29.7. The molecule has 11 nitrogen and oxygen atoms in total. The van der Waals surface area contributed by atoms with Gasteiger partial charge in [0.25, 0.3) is 0 Å². The fourth-order valence-corrected chi connectivity index (χ4v) is 5.28. The summed E-state index contributed by atoms with van der Waals surface area (Å²) in [5, 5.41) is 14.0. The predicted molar refractivity (Wildman–Crippen MR) is 181 cm³/mol. The van der Waals surface area contributed by atoms with E-state index in [1.165, 1.54) is 6.92 Å². The number of Topliss-reactive ketones (excluding diaryl/α,β-unsaturated/α-hetero) is 1. The van der Waals surface area contributed by atoms with Crippen molar-refractivity contribution in [3.8, 4) is 0 Å². The lowest BCUT2D eigenvalue weighted by Crippen LogP contribution is -2.61. The number of thioether (sulfide) groups is 1. The molecule has 0 aromatic carbocycles. The Hall–Kier alpha value is -2.63. The number of nitrogens with one attached hydrogen (secondary N) is 5. The summed E-state index contributed by atoms with van der Waals surface area (Å²) in [6.45, 7) is 20.0. The summed E-state index contributed by atoms with van der Waals surface area (Å²) in [7, 11) is 0. The molecule has 0 saturated carbocycles. The Bertz CT molecular complexity index is 989. The highest BCUT2D eigenvalue weighted by atomic mass is 32.2. The normalized spacial score (nSPS) is 16.2. The molecule has 0 radical (unpaired) electrons. The first-order valence-electron chi connectivity index (χ1n) is 16.4. The number of hydrogen-bond acceptors (Lipinski definition) is 7. The van der Waals surface area contributed by atoms with Crippen LogP contribution in [0.5, 0.6) is 0 Å². The van der Waals surface area contributed by atoms with Crippen molar-refractivity contribution in [1.82, 2.24) is 26.6 Å². The van der Waals surface area contributed by atoms with Crippen molar-refractivity contribution in [2.24, 2.45) is 29.6 Å². The second-order valence-electron chi connectivity index (χ2n) is 13.3. The van der Waals surface area contributed by atoms with Gasteiger partial charge in [0.15, 0.2) is 5.78 Å². The first kappa shape index (κ1) is 42.4. The van der Waals surface area contributed by atoms with Crippen LogP contribution in [0.1, 0.15) is 102 Å². The lowest BCUT2D eigenvalue weighted by Gasteiger charge is -2.31. The van der Waals surface area contributed by atoms with Gasteiger partial charge in [-0.25, -0.2) is 0 Å². The van der Waals surface area contributed by atoms with Gasteiger partial charge in [-0.3, -0.25) is 28.8 Å². The second kappa shape index (κ2) is 21.2. The number of rotatable bonds is 21. The molecule has 0 rings (SSSR count). The van der Waals surface area contributed by atoms with E-state index in [4.69, 9.17) is 0 Å². The van der Waals surface area contributed by atoms with Crippen LogP contribution < -0.4 is 26.6 Å². The Labute approximate surface area is 275 Å². The summed E-state index contributed by atoms with van der Waals surface area (Å²) in [5.41, 5.74) is 0. The topological polar surface area (TPSA) is 163 Å². The Morgan fingerprint density at radius 2 is 1.04 bits per heavy atom. The largest absolute Gasteiger partial charge is 0.345 e. The van der Waals surface area contributed by atoms with Crippen LogP contribution >= 0.6 is 11.8 Å². The van der Waals surface area contributed by atoms with Gasteiger partial charge in [0.05, 0.1) is 6.04 Å². The second-order valence-corrected chi connectivity index (χ2v) is 14.2. The smallest absolute Gasteiger partial charge is 0.243 e. The van der Waals surface area contributed by atoms with Crippen molar-refractivity contribution >= 4 is 47.1 Å². The summed E-state index contributed by atoms with van der Waals surface area (Å²) in [5.74, 6) is -2.66. The van der Waals surface area contributed by atoms with E-state index in [9.17, 15) is 28.8 Å². The number of ketones is 1. The standard InChI is InChI=1S/C33H61N5O6S/c1-13-21(9)27(32(43)35-25(17-18(3)4)29(40)20(7)8)38-31(42)26(19(5)6)36-33(44)28(22(10)14-2)37-30(41)24(15-16-45-12)34-23(11)39/h18-22,24-28H,13-17H2,1-12H3,(H,34,39)(H,35,43)(H,36,44)(H,37,41)(H,38,42). The number of hydrogen-bond donors (Lipinski definition) is 5. The summed E-state index contributed by atoms with van der Waals surface area (Å²) in [6, 6.07) is -4.33. The van der Waals surface area contributed by atoms with E-state index in [0.717, 1.165) is 0 Å². The van der Waals surface area contributed by atoms with Crippen molar-refractivity contribution in [2.45, 2.75) is 132 Å². The highest BCUT2D eigenvalue weighted by molar-refractivity contribution is 7.98. The molecule has 0 aliphatic rings. The SMILES string of the molecule is CCC(C)C(NC(=O)C(CCSC)NC(C)=O)C(=O)NC(C(=O)NC(C(=O)NC(CC(C)C)C(=O)C(C)C)C(C)CC)C(C)C. The van der Waals surface area contributed by atoms with E-state index in [0.29, 0.717) is 31.4 Å². The molecular weight excluding hydrogens is 594 g/mol. The van der Waals surface area contributed by atoms with Crippen LogP contribution in [0.2, 0.25) is 0 Å². The molecule has 0 spiro atoms. The molecule has 5 amide bonds. The number of carbonyl (C=O) groups excluding carboxylic acids is 6. The van der Waals surface area contributed by atoms with Crippen LogP contribution in [0.3, 0.4) is 0 Å². The summed E-state index contributed by atoms with van der Waals surface area (Å²) in [6.07, 6.45) is 3.96. The maximum atomic E-state index is 13.7. The summed E-state index contributed by atoms with van der Waals surface area (Å²) >= 11 is 1.54. The van der Waals surface area contributed by atoms with Gasteiger partial charge in [-0.05, 0) is 48.5 Å². The van der Waals surface area contributed by atoms with Crippen molar-refractivity contribution in [3.05, 3.63) is 0 Å². The minimum absolute atomic E-state index is 0.0640. The number of carbonyl (C=O) groups is 6. The Balaban J connectivity index is 6.06. The van der Waals surface area contributed by atoms with E-state index in [1.807, 2.05) is 47.8 Å². The van der Waals surface area contributed by atoms with E-state index in [2.05, 4.69) is 26.6 Å². The molecule has 0 aliphatic heterocycles. The molecule has 7 atom stereocenters. The first-order chi connectivity index (χ1) is 20.9. The molecule has 0 bridgehead atoms. The average molecular weight is 656 g/mol. The first-order valence-corrected chi connectivity index (χ1v) is 17.8. The van der Waals surface area contributed by atoms with E-state index >= 15 is 0 Å². The predicted octanol–water partition coefficient (Wildman–Crippen LogP) is 3.20. The average Bonchev–Trinajstić information content (AvgIpc) is 2.96. The van der Waals surface area contributed by atoms with Crippen LogP contribution in [-0.4, -0.2) is 77.5 Å². The molecule has 0 aromatic rings. The van der Waals surface area contributed by atoms with Crippen LogP contribution in [-0.2, 0) is 28.8 Å². The fourth-order valence-electron chi connectivity index (χ4n) is 4.81.